The number of aromatic nitrogens is 1. The van der Waals surface area contributed by atoms with Crippen molar-refractivity contribution in [3.8, 4) is 5.75 Å². The molecule has 1 heterocycles. The van der Waals surface area contributed by atoms with Crippen LogP contribution in [-0.4, -0.2) is 37.1 Å². The molecule has 0 atom stereocenters. The van der Waals surface area contributed by atoms with Gasteiger partial charge in [-0.3, -0.25) is 4.79 Å². The van der Waals surface area contributed by atoms with E-state index in [2.05, 4.69) is 10.3 Å². The summed E-state index contributed by atoms with van der Waals surface area (Å²) in [5, 5.41) is 2.27. The molecule has 0 spiro atoms. The molecule has 1 aromatic heterocycles. The normalized spacial score (nSPS) is 19.0. The van der Waals surface area contributed by atoms with Crippen molar-refractivity contribution < 1.29 is 22.7 Å². The average molecular weight is 464 g/mol. The van der Waals surface area contributed by atoms with Gasteiger partial charge in [-0.05, 0) is 62.1 Å². The number of halogens is 3. The topological polar surface area (TPSA) is 54.5 Å². The van der Waals surface area contributed by atoms with Gasteiger partial charge in [0.05, 0.1) is 17.5 Å². The van der Waals surface area contributed by atoms with Gasteiger partial charge in [-0.1, -0.05) is 6.07 Å². The zero-order chi connectivity index (χ0) is 22.9. The molecule has 4 rings (SSSR count). The number of ether oxygens (including phenoxy) is 1. The monoisotopic (exact) mass is 463 g/mol. The first-order valence-corrected chi connectivity index (χ1v) is 11.2. The van der Waals surface area contributed by atoms with Crippen LogP contribution in [0.1, 0.15) is 41.0 Å². The van der Waals surface area contributed by atoms with Crippen molar-refractivity contribution in [3.05, 3.63) is 53.0 Å². The van der Waals surface area contributed by atoms with Gasteiger partial charge in [0.25, 0.3) is 5.91 Å². The van der Waals surface area contributed by atoms with Gasteiger partial charge in [-0.2, -0.15) is 13.2 Å². The summed E-state index contributed by atoms with van der Waals surface area (Å²) in [6.07, 6.45) is -1.18. The smallest absolute Gasteiger partial charge is 0.443 e. The van der Waals surface area contributed by atoms with E-state index in [-0.39, 0.29) is 18.0 Å². The Morgan fingerprint density at radius 3 is 2.44 bits per heavy atom. The van der Waals surface area contributed by atoms with E-state index in [0.29, 0.717) is 38.6 Å². The van der Waals surface area contributed by atoms with Gasteiger partial charge >= 0.3 is 6.18 Å². The van der Waals surface area contributed by atoms with E-state index in [1.165, 1.54) is 0 Å². The van der Waals surface area contributed by atoms with Crippen LogP contribution < -0.4 is 15.0 Å². The molecule has 0 radical (unpaired) electrons. The van der Waals surface area contributed by atoms with Gasteiger partial charge in [0.1, 0.15) is 11.3 Å². The Hall–Kier alpha value is -2.81. The molecule has 1 aliphatic carbocycles. The maximum absolute atomic E-state index is 13.1. The number of nitrogens with one attached hydrogen (secondary N) is 1. The number of alkyl halides is 3. The summed E-state index contributed by atoms with van der Waals surface area (Å²) >= 11 is 0.672. The van der Waals surface area contributed by atoms with E-state index < -0.39 is 11.2 Å². The van der Waals surface area contributed by atoms with E-state index in [1.54, 1.807) is 43.5 Å². The number of hydrogen-bond acceptors (Lipinski definition) is 5. The number of para-hydroxylation sites is 1. The number of methoxy groups -OCH3 is 1. The maximum atomic E-state index is 13.1. The first kappa shape index (κ1) is 22.4. The first-order valence-electron chi connectivity index (χ1n) is 10.4. The fourth-order valence-corrected chi connectivity index (χ4v) is 5.01. The standard InChI is InChI=1S/C23H24F3N3O2S/c1-29(18-4-3-5-19-20(18)28-22(32-19)23(24,25)26)16-10-8-15(9-11-16)27-21(30)14-6-12-17(31-2)13-7-14/h3-7,12-13,15-16H,8-11H2,1-2H3,(H,27,30). The number of carbonyl (C=O) groups excluding carboxylic acids is 1. The molecule has 1 N–H and O–H groups in total. The third kappa shape index (κ3) is 4.67. The van der Waals surface area contributed by atoms with E-state index in [4.69, 9.17) is 4.74 Å². The van der Waals surface area contributed by atoms with E-state index in [9.17, 15) is 18.0 Å². The second-order valence-corrected chi connectivity index (χ2v) is 8.99. The van der Waals surface area contributed by atoms with Gasteiger partial charge in [-0.15, -0.1) is 11.3 Å². The van der Waals surface area contributed by atoms with Crippen molar-refractivity contribution in [2.75, 3.05) is 19.1 Å². The maximum Gasteiger partial charge on any atom is 0.443 e. The molecule has 1 fully saturated rings. The fraction of sp³-hybridized carbons (Fsp3) is 0.391. The average Bonchev–Trinajstić information content (AvgIpc) is 3.24. The second-order valence-electron chi connectivity index (χ2n) is 7.96. The Balaban J connectivity index is 1.40. The molecule has 0 unspecified atom stereocenters. The van der Waals surface area contributed by atoms with E-state index in [1.807, 2.05) is 18.0 Å². The summed E-state index contributed by atoms with van der Waals surface area (Å²) in [7, 11) is 3.48. The van der Waals surface area contributed by atoms with Crippen molar-refractivity contribution >= 4 is 33.1 Å². The predicted molar refractivity (Wildman–Crippen MR) is 120 cm³/mol. The summed E-state index contributed by atoms with van der Waals surface area (Å²) in [5.41, 5.74) is 1.68. The molecule has 5 nitrogen and oxygen atoms in total. The molecule has 0 aliphatic heterocycles. The molecule has 32 heavy (non-hydrogen) atoms. The molecular formula is C23H24F3N3O2S. The Morgan fingerprint density at radius 1 is 1.12 bits per heavy atom. The number of thiazole rings is 1. The van der Waals surface area contributed by atoms with Crippen LogP contribution in [0.4, 0.5) is 18.9 Å². The van der Waals surface area contributed by atoms with Crippen LogP contribution in [0.3, 0.4) is 0 Å². The lowest BCUT2D eigenvalue weighted by atomic mass is 9.90. The molecule has 9 heteroatoms. The SMILES string of the molecule is COc1ccc(C(=O)NC2CCC(N(C)c3cccc4sc(C(F)(F)F)nc34)CC2)cc1. The van der Waals surface area contributed by atoms with Gasteiger partial charge < -0.3 is 15.0 Å². The molecule has 1 aliphatic rings. The number of benzene rings is 2. The Labute approximate surface area is 188 Å². The number of amides is 1. The van der Waals surface area contributed by atoms with Crippen LogP contribution in [0.25, 0.3) is 10.2 Å². The quantitative estimate of drug-likeness (QED) is 0.543. The van der Waals surface area contributed by atoms with Gasteiger partial charge in [0.15, 0.2) is 5.01 Å². The molecule has 1 saturated carbocycles. The molecule has 1 amide bonds. The highest BCUT2D eigenvalue weighted by molar-refractivity contribution is 7.18. The van der Waals surface area contributed by atoms with E-state index >= 15 is 0 Å². The van der Waals surface area contributed by atoms with E-state index in [0.717, 1.165) is 25.7 Å². The lowest BCUT2D eigenvalue weighted by molar-refractivity contribution is -0.137. The number of carbonyl (C=O) groups is 1. The lowest BCUT2D eigenvalue weighted by Crippen LogP contribution is -2.43. The summed E-state index contributed by atoms with van der Waals surface area (Å²) < 4.78 is 45.0. The van der Waals surface area contributed by atoms with Crippen molar-refractivity contribution in [1.82, 2.24) is 10.3 Å². The number of fused-ring (bicyclic) bond motifs is 1. The Morgan fingerprint density at radius 2 is 1.81 bits per heavy atom. The summed E-state index contributed by atoms with van der Waals surface area (Å²) in [4.78, 5) is 18.4. The van der Waals surface area contributed by atoms with Crippen LogP contribution in [0.5, 0.6) is 5.75 Å². The van der Waals surface area contributed by atoms with Crippen molar-refractivity contribution in [3.63, 3.8) is 0 Å². The fourth-order valence-electron chi connectivity index (χ4n) is 4.16. The van der Waals surface area contributed by atoms with Gasteiger partial charge in [-0.25, -0.2) is 4.98 Å². The minimum Gasteiger partial charge on any atom is -0.497 e. The zero-order valence-corrected chi connectivity index (χ0v) is 18.6. The first-order chi connectivity index (χ1) is 15.3. The highest BCUT2D eigenvalue weighted by atomic mass is 32.1. The molecule has 170 valence electrons. The van der Waals surface area contributed by atoms with Crippen molar-refractivity contribution in [2.45, 2.75) is 43.9 Å². The van der Waals surface area contributed by atoms with Crippen LogP contribution in [0.2, 0.25) is 0 Å². The van der Waals surface area contributed by atoms with Crippen LogP contribution >= 0.6 is 11.3 Å². The highest BCUT2D eigenvalue weighted by Gasteiger charge is 2.35. The zero-order valence-electron chi connectivity index (χ0n) is 17.8. The molecular weight excluding hydrogens is 439 g/mol. The second kappa shape index (κ2) is 8.97. The largest absolute Gasteiger partial charge is 0.497 e. The number of anilines is 1. The predicted octanol–water partition coefficient (Wildman–Crippen LogP) is 5.50. The third-order valence-electron chi connectivity index (χ3n) is 5.95. The van der Waals surface area contributed by atoms with Crippen molar-refractivity contribution in [1.29, 1.82) is 0 Å². The highest BCUT2D eigenvalue weighted by Crippen LogP contribution is 2.39. The van der Waals surface area contributed by atoms with Crippen LogP contribution in [0, 0.1) is 0 Å². The Kier molecular flexibility index (Phi) is 6.28. The van der Waals surface area contributed by atoms with Gasteiger partial charge in [0, 0.05) is 24.7 Å². The lowest BCUT2D eigenvalue weighted by Gasteiger charge is -2.36. The van der Waals surface area contributed by atoms with Crippen LogP contribution in [0.15, 0.2) is 42.5 Å². The number of hydrogen-bond donors (Lipinski definition) is 1. The minimum atomic E-state index is -4.44. The van der Waals surface area contributed by atoms with Crippen molar-refractivity contribution in [2.24, 2.45) is 0 Å². The summed E-state index contributed by atoms with van der Waals surface area (Å²) in [6, 6.07) is 12.5. The molecule has 0 bridgehead atoms. The molecule has 2 aromatic carbocycles. The molecule has 0 saturated heterocycles. The number of nitrogens with zero attached hydrogens (tertiary/aromatic N) is 2. The third-order valence-corrected chi connectivity index (χ3v) is 7.02. The summed E-state index contributed by atoms with van der Waals surface area (Å²) in [5.74, 6) is 0.582. The number of rotatable bonds is 5. The minimum absolute atomic E-state index is 0.0705. The molecule has 3 aromatic rings. The van der Waals surface area contributed by atoms with Crippen LogP contribution in [-0.2, 0) is 6.18 Å². The van der Waals surface area contributed by atoms with Gasteiger partial charge in [0.2, 0.25) is 0 Å². The Bertz CT molecular complexity index is 1090. The summed E-state index contributed by atoms with van der Waals surface area (Å²) in [6.45, 7) is 0.